The van der Waals surface area contributed by atoms with E-state index in [0.717, 1.165) is 25.9 Å². The summed E-state index contributed by atoms with van der Waals surface area (Å²) in [7, 11) is 0. The number of carboxylic acids is 1. The van der Waals surface area contributed by atoms with Crippen molar-refractivity contribution in [3.8, 4) is 0 Å². The second-order valence-corrected chi connectivity index (χ2v) is 5.23. The van der Waals surface area contributed by atoms with Crippen molar-refractivity contribution in [1.82, 2.24) is 10.2 Å². The molecule has 0 bridgehead atoms. The lowest BCUT2D eigenvalue weighted by molar-refractivity contribution is -0.148. The molecule has 0 radical (unpaired) electrons. The molecular weight excluding hydrogens is 220 g/mol. The SMILES string of the molecule is CCC1(C(=O)O)CCN(CC2CCC(=O)N2)C1. The lowest BCUT2D eigenvalue weighted by atomic mass is 9.84. The molecule has 2 atom stereocenters. The highest BCUT2D eigenvalue weighted by atomic mass is 16.4. The van der Waals surface area contributed by atoms with Gasteiger partial charge in [-0.2, -0.15) is 0 Å². The Balaban J connectivity index is 1.89. The molecule has 0 aromatic heterocycles. The molecule has 0 saturated carbocycles. The number of carbonyl (C=O) groups excluding carboxylic acids is 1. The van der Waals surface area contributed by atoms with Gasteiger partial charge in [-0.3, -0.25) is 9.59 Å². The summed E-state index contributed by atoms with van der Waals surface area (Å²) in [5.41, 5.74) is -0.567. The maximum Gasteiger partial charge on any atom is 0.310 e. The van der Waals surface area contributed by atoms with E-state index in [1.54, 1.807) is 0 Å². The second kappa shape index (κ2) is 4.64. The fraction of sp³-hybridized carbons (Fsp3) is 0.833. The van der Waals surface area contributed by atoms with Crippen molar-refractivity contribution in [3.05, 3.63) is 0 Å². The summed E-state index contributed by atoms with van der Waals surface area (Å²) in [6.07, 6.45) is 2.88. The number of nitrogens with zero attached hydrogens (tertiary/aromatic N) is 1. The van der Waals surface area contributed by atoms with Crippen molar-refractivity contribution < 1.29 is 14.7 Å². The van der Waals surface area contributed by atoms with Crippen LogP contribution in [0.5, 0.6) is 0 Å². The monoisotopic (exact) mass is 240 g/mol. The molecule has 2 aliphatic heterocycles. The summed E-state index contributed by atoms with van der Waals surface area (Å²) in [4.78, 5) is 24.6. The highest BCUT2D eigenvalue weighted by molar-refractivity contribution is 5.78. The highest BCUT2D eigenvalue weighted by Crippen LogP contribution is 2.34. The van der Waals surface area contributed by atoms with Gasteiger partial charge in [0, 0.05) is 25.6 Å². The van der Waals surface area contributed by atoms with E-state index >= 15 is 0 Å². The number of nitrogens with one attached hydrogen (secondary N) is 1. The van der Waals surface area contributed by atoms with Crippen molar-refractivity contribution in [2.75, 3.05) is 19.6 Å². The molecule has 96 valence electrons. The number of hydrogen-bond acceptors (Lipinski definition) is 3. The fourth-order valence-corrected chi connectivity index (χ4v) is 2.85. The lowest BCUT2D eigenvalue weighted by Gasteiger charge is -2.24. The standard InChI is InChI=1S/C12H20N2O3/c1-2-12(11(16)17)5-6-14(8-12)7-9-3-4-10(15)13-9/h9H,2-8H2,1H3,(H,13,15)(H,16,17). The Hall–Kier alpha value is -1.10. The zero-order valence-corrected chi connectivity index (χ0v) is 10.2. The minimum Gasteiger partial charge on any atom is -0.481 e. The van der Waals surface area contributed by atoms with Crippen LogP contribution in [0, 0.1) is 5.41 Å². The van der Waals surface area contributed by atoms with Crippen LogP contribution < -0.4 is 5.32 Å². The van der Waals surface area contributed by atoms with Gasteiger partial charge < -0.3 is 15.3 Å². The van der Waals surface area contributed by atoms with Crippen LogP contribution in [0.2, 0.25) is 0 Å². The topological polar surface area (TPSA) is 69.6 Å². The van der Waals surface area contributed by atoms with Crippen molar-refractivity contribution in [2.45, 2.75) is 38.6 Å². The summed E-state index contributed by atoms with van der Waals surface area (Å²) in [5, 5.41) is 12.2. The quantitative estimate of drug-likeness (QED) is 0.748. The van der Waals surface area contributed by atoms with Gasteiger partial charge in [-0.25, -0.2) is 0 Å². The van der Waals surface area contributed by atoms with Gasteiger partial charge in [0.1, 0.15) is 0 Å². The van der Waals surface area contributed by atoms with E-state index in [4.69, 9.17) is 0 Å². The number of aliphatic carboxylic acids is 1. The van der Waals surface area contributed by atoms with Gasteiger partial charge >= 0.3 is 5.97 Å². The maximum absolute atomic E-state index is 11.3. The molecule has 2 rings (SSSR count). The summed E-state index contributed by atoms with van der Waals surface area (Å²) in [6.45, 7) is 4.17. The second-order valence-electron chi connectivity index (χ2n) is 5.23. The number of carbonyl (C=O) groups is 2. The van der Waals surface area contributed by atoms with Gasteiger partial charge in [-0.15, -0.1) is 0 Å². The van der Waals surface area contributed by atoms with E-state index in [2.05, 4.69) is 10.2 Å². The van der Waals surface area contributed by atoms with E-state index in [9.17, 15) is 14.7 Å². The molecule has 0 aromatic rings. The smallest absolute Gasteiger partial charge is 0.310 e. The Morgan fingerprint density at radius 1 is 1.65 bits per heavy atom. The highest BCUT2D eigenvalue weighted by Gasteiger charge is 2.43. The molecule has 5 nitrogen and oxygen atoms in total. The Morgan fingerprint density at radius 3 is 2.88 bits per heavy atom. The molecule has 2 fully saturated rings. The molecule has 2 N–H and O–H groups in total. The van der Waals surface area contributed by atoms with Crippen molar-refractivity contribution >= 4 is 11.9 Å². The minimum absolute atomic E-state index is 0.120. The molecule has 0 aliphatic carbocycles. The van der Waals surface area contributed by atoms with Crippen LogP contribution in [0.3, 0.4) is 0 Å². The largest absolute Gasteiger partial charge is 0.481 e. The van der Waals surface area contributed by atoms with Crippen LogP contribution in [0.25, 0.3) is 0 Å². The predicted octanol–water partition coefficient (Wildman–Crippen LogP) is 0.452. The average molecular weight is 240 g/mol. The molecule has 0 spiro atoms. The zero-order chi connectivity index (χ0) is 12.5. The number of carboxylic acid groups (broad SMARTS) is 1. The van der Waals surface area contributed by atoms with Crippen molar-refractivity contribution in [3.63, 3.8) is 0 Å². The van der Waals surface area contributed by atoms with Gasteiger partial charge in [0.15, 0.2) is 0 Å². The Bertz CT molecular complexity index is 332. The first-order valence-corrected chi connectivity index (χ1v) is 6.31. The number of hydrogen-bond donors (Lipinski definition) is 2. The summed E-state index contributed by atoms with van der Waals surface area (Å²) >= 11 is 0. The Morgan fingerprint density at radius 2 is 2.41 bits per heavy atom. The number of rotatable bonds is 4. The predicted molar refractivity (Wildman–Crippen MR) is 62.6 cm³/mol. The first-order chi connectivity index (χ1) is 8.05. The third-order valence-corrected chi connectivity index (χ3v) is 4.13. The molecule has 2 heterocycles. The van der Waals surface area contributed by atoms with Gasteiger partial charge in [0.25, 0.3) is 0 Å². The van der Waals surface area contributed by atoms with Gasteiger partial charge in [-0.1, -0.05) is 6.92 Å². The normalized spacial score (nSPS) is 33.9. The zero-order valence-electron chi connectivity index (χ0n) is 10.2. The average Bonchev–Trinajstić information content (AvgIpc) is 2.87. The summed E-state index contributed by atoms with van der Waals surface area (Å²) < 4.78 is 0. The molecule has 2 saturated heterocycles. The number of likely N-dealkylation sites (tertiary alicyclic amines) is 1. The van der Waals surface area contributed by atoms with E-state index in [0.29, 0.717) is 19.4 Å². The molecule has 2 unspecified atom stereocenters. The molecule has 17 heavy (non-hydrogen) atoms. The van der Waals surface area contributed by atoms with Crippen LogP contribution in [0.1, 0.15) is 32.6 Å². The molecular formula is C12H20N2O3. The van der Waals surface area contributed by atoms with Crippen LogP contribution >= 0.6 is 0 Å². The summed E-state index contributed by atoms with van der Waals surface area (Å²) in [5.74, 6) is -0.563. The van der Waals surface area contributed by atoms with E-state index in [-0.39, 0.29) is 11.9 Å². The van der Waals surface area contributed by atoms with Crippen molar-refractivity contribution in [2.24, 2.45) is 5.41 Å². The minimum atomic E-state index is -0.682. The Kier molecular flexibility index (Phi) is 3.38. The molecule has 2 aliphatic rings. The van der Waals surface area contributed by atoms with Gasteiger partial charge in [0.05, 0.1) is 5.41 Å². The van der Waals surface area contributed by atoms with Crippen LogP contribution in [-0.2, 0) is 9.59 Å². The summed E-state index contributed by atoms with van der Waals surface area (Å²) in [6, 6.07) is 0.212. The van der Waals surface area contributed by atoms with Crippen molar-refractivity contribution in [1.29, 1.82) is 0 Å². The first-order valence-electron chi connectivity index (χ1n) is 6.31. The molecule has 5 heteroatoms. The lowest BCUT2D eigenvalue weighted by Crippen LogP contribution is -2.40. The third kappa shape index (κ3) is 2.44. The van der Waals surface area contributed by atoms with Gasteiger partial charge in [0.2, 0.25) is 5.91 Å². The molecule has 1 amide bonds. The van der Waals surface area contributed by atoms with E-state index < -0.39 is 11.4 Å². The first kappa shape index (κ1) is 12.4. The van der Waals surface area contributed by atoms with E-state index in [1.807, 2.05) is 6.92 Å². The Labute approximate surface area is 101 Å². The van der Waals surface area contributed by atoms with E-state index in [1.165, 1.54) is 0 Å². The van der Waals surface area contributed by atoms with Crippen LogP contribution in [-0.4, -0.2) is 47.6 Å². The van der Waals surface area contributed by atoms with Crippen LogP contribution in [0.15, 0.2) is 0 Å². The third-order valence-electron chi connectivity index (χ3n) is 4.13. The fourth-order valence-electron chi connectivity index (χ4n) is 2.85. The maximum atomic E-state index is 11.3. The van der Waals surface area contributed by atoms with Crippen LogP contribution in [0.4, 0.5) is 0 Å². The van der Waals surface area contributed by atoms with Gasteiger partial charge in [-0.05, 0) is 25.8 Å². The molecule has 0 aromatic carbocycles. The number of amides is 1.